The molecular formula is C8H14N4. The number of aromatic nitrogens is 3. The number of aryl methyl sites for hydroxylation is 1. The highest BCUT2D eigenvalue weighted by atomic mass is 15.4. The molecule has 0 saturated heterocycles. The van der Waals surface area contributed by atoms with Crippen LogP contribution in [0.3, 0.4) is 0 Å². The first kappa shape index (κ1) is 8.90. The minimum absolute atomic E-state index is 0.964. The predicted octanol–water partition coefficient (Wildman–Crippen LogP) is 1.47. The van der Waals surface area contributed by atoms with Gasteiger partial charge < -0.3 is 0 Å². The first-order valence-corrected chi connectivity index (χ1v) is 4.29. The van der Waals surface area contributed by atoms with Crippen LogP contribution < -0.4 is 0 Å². The fraction of sp³-hybridized carbons (Fsp3) is 0.625. The molecule has 0 bridgehead atoms. The second kappa shape index (κ2) is 3.99. The zero-order valence-corrected chi connectivity index (χ0v) is 7.78. The molecule has 1 aliphatic rings. The lowest BCUT2D eigenvalue weighted by atomic mass is 10.2. The summed E-state index contributed by atoms with van der Waals surface area (Å²) < 4.78 is 1.73. The van der Waals surface area contributed by atoms with Gasteiger partial charge in [-0.15, -0.1) is 10.2 Å². The Balaban J connectivity index is 0.000000336. The second-order valence-corrected chi connectivity index (χ2v) is 2.43. The van der Waals surface area contributed by atoms with Gasteiger partial charge in [0.05, 0.1) is 0 Å². The quantitative estimate of drug-likeness (QED) is 0.585. The van der Waals surface area contributed by atoms with E-state index in [4.69, 9.17) is 0 Å². The Morgan fingerprint density at radius 3 is 2.83 bits per heavy atom. The molecule has 2 rings (SSSR count). The van der Waals surface area contributed by atoms with Crippen LogP contribution >= 0.6 is 0 Å². The first-order valence-electron chi connectivity index (χ1n) is 4.29. The van der Waals surface area contributed by atoms with E-state index < -0.39 is 0 Å². The molecule has 4 nitrogen and oxygen atoms in total. The minimum atomic E-state index is 0.964. The summed E-state index contributed by atoms with van der Waals surface area (Å²) in [5.74, 6) is 0.964. The van der Waals surface area contributed by atoms with Crippen molar-refractivity contribution in [2.75, 3.05) is 0 Å². The smallest absolute Gasteiger partial charge is 0.154 e. The summed E-state index contributed by atoms with van der Waals surface area (Å²) in [4.78, 5) is 0. The summed E-state index contributed by atoms with van der Waals surface area (Å²) in [5, 5.41) is 11.9. The average molecular weight is 166 g/mol. The van der Waals surface area contributed by atoms with Gasteiger partial charge in [-0.05, 0) is 13.3 Å². The van der Waals surface area contributed by atoms with Gasteiger partial charge in [-0.2, -0.15) is 5.10 Å². The van der Waals surface area contributed by atoms with E-state index in [0.29, 0.717) is 0 Å². The van der Waals surface area contributed by atoms with E-state index in [1.165, 1.54) is 0 Å². The fourth-order valence-corrected chi connectivity index (χ4v) is 1.03. The Labute approximate surface area is 72.3 Å². The van der Waals surface area contributed by atoms with Gasteiger partial charge in [-0.1, -0.05) is 13.8 Å². The van der Waals surface area contributed by atoms with Crippen molar-refractivity contribution < 1.29 is 0 Å². The van der Waals surface area contributed by atoms with E-state index in [2.05, 4.69) is 15.3 Å². The van der Waals surface area contributed by atoms with Crippen LogP contribution in [0.5, 0.6) is 0 Å². The molecule has 0 saturated carbocycles. The molecule has 0 amide bonds. The van der Waals surface area contributed by atoms with Crippen molar-refractivity contribution in [2.24, 2.45) is 5.10 Å². The third-order valence-electron chi connectivity index (χ3n) is 1.59. The minimum Gasteiger partial charge on any atom is -0.205 e. The summed E-state index contributed by atoms with van der Waals surface area (Å²) in [5.41, 5.74) is 1.15. The highest BCUT2D eigenvalue weighted by Crippen LogP contribution is 2.06. The van der Waals surface area contributed by atoms with Crippen molar-refractivity contribution in [3.05, 3.63) is 12.2 Å². The van der Waals surface area contributed by atoms with Gasteiger partial charge in [0, 0.05) is 12.1 Å². The summed E-state index contributed by atoms with van der Waals surface area (Å²) >= 11 is 0. The van der Waals surface area contributed by atoms with Gasteiger partial charge in [0.25, 0.3) is 0 Å². The van der Waals surface area contributed by atoms with Crippen LogP contribution in [0.4, 0.5) is 0 Å². The van der Waals surface area contributed by atoms with Gasteiger partial charge >= 0.3 is 0 Å². The molecule has 66 valence electrons. The van der Waals surface area contributed by atoms with E-state index >= 15 is 0 Å². The van der Waals surface area contributed by atoms with Crippen LogP contribution in [0.25, 0.3) is 0 Å². The van der Waals surface area contributed by atoms with Gasteiger partial charge in [0.1, 0.15) is 6.33 Å². The van der Waals surface area contributed by atoms with Crippen molar-refractivity contribution in [1.82, 2.24) is 14.9 Å². The molecule has 1 aliphatic heterocycles. The molecule has 0 fully saturated rings. The molecule has 0 aliphatic carbocycles. The first-order chi connectivity index (χ1) is 5.86. The summed E-state index contributed by atoms with van der Waals surface area (Å²) in [6.07, 6.45) is 3.62. The van der Waals surface area contributed by atoms with Crippen molar-refractivity contribution in [3.63, 3.8) is 0 Å². The zero-order valence-electron chi connectivity index (χ0n) is 7.78. The maximum absolute atomic E-state index is 4.21. The number of hydrogen-bond donors (Lipinski definition) is 0. The third kappa shape index (κ3) is 1.69. The SMILES string of the molecule is CC.CC1=Nn2cnnc2CC1. The highest BCUT2D eigenvalue weighted by molar-refractivity contribution is 5.82. The van der Waals surface area contributed by atoms with E-state index in [1.807, 2.05) is 20.8 Å². The normalized spacial score (nSPS) is 14.1. The van der Waals surface area contributed by atoms with Crippen molar-refractivity contribution in [3.8, 4) is 0 Å². The standard InChI is InChI=1S/C6H8N4.C2H6/c1-5-2-3-6-8-7-4-10(6)9-5;1-2/h4H,2-3H2,1H3;1-2H3. The summed E-state index contributed by atoms with van der Waals surface area (Å²) in [6.45, 7) is 6.02. The van der Waals surface area contributed by atoms with Crippen molar-refractivity contribution >= 4 is 5.71 Å². The van der Waals surface area contributed by atoms with E-state index in [-0.39, 0.29) is 0 Å². The largest absolute Gasteiger partial charge is 0.205 e. The molecule has 0 aromatic carbocycles. The van der Waals surface area contributed by atoms with Crippen LogP contribution in [-0.2, 0) is 6.42 Å². The van der Waals surface area contributed by atoms with Crippen LogP contribution in [0.1, 0.15) is 33.0 Å². The van der Waals surface area contributed by atoms with Crippen LogP contribution in [-0.4, -0.2) is 20.6 Å². The van der Waals surface area contributed by atoms with Gasteiger partial charge in [-0.25, -0.2) is 4.68 Å². The fourth-order valence-electron chi connectivity index (χ4n) is 1.03. The lowest BCUT2D eigenvalue weighted by molar-refractivity contribution is 0.728. The number of nitrogens with zero attached hydrogens (tertiary/aromatic N) is 4. The Bertz CT molecular complexity index is 274. The summed E-state index contributed by atoms with van der Waals surface area (Å²) in [7, 11) is 0. The lowest BCUT2D eigenvalue weighted by Gasteiger charge is -2.07. The van der Waals surface area contributed by atoms with Crippen molar-refractivity contribution in [1.29, 1.82) is 0 Å². The van der Waals surface area contributed by atoms with Gasteiger partial charge in [0.15, 0.2) is 5.82 Å². The van der Waals surface area contributed by atoms with E-state index in [1.54, 1.807) is 11.0 Å². The molecule has 4 heteroatoms. The molecular weight excluding hydrogens is 152 g/mol. The monoisotopic (exact) mass is 166 g/mol. The van der Waals surface area contributed by atoms with Crippen LogP contribution in [0, 0.1) is 0 Å². The van der Waals surface area contributed by atoms with Gasteiger partial charge in [-0.3, -0.25) is 0 Å². The Kier molecular flexibility index (Phi) is 2.96. The van der Waals surface area contributed by atoms with E-state index in [9.17, 15) is 0 Å². The molecule has 1 aromatic heterocycles. The van der Waals surface area contributed by atoms with Crippen LogP contribution in [0.15, 0.2) is 11.4 Å². The maximum Gasteiger partial charge on any atom is 0.154 e. The number of rotatable bonds is 0. The Morgan fingerprint density at radius 2 is 2.08 bits per heavy atom. The number of hydrogen-bond acceptors (Lipinski definition) is 3. The van der Waals surface area contributed by atoms with E-state index in [0.717, 1.165) is 24.4 Å². The molecule has 2 heterocycles. The molecule has 0 N–H and O–H groups in total. The maximum atomic E-state index is 4.21. The predicted molar refractivity (Wildman–Crippen MR) is 48.2 cm³/mol. The molecule has 0 unspecified atom stereocenters. The third-order valence-corrected chi connectivity index (χ3v) is 1.59. The van der Waals surface area contributed by atoms with Crippen molar-refractivity contribution in [2.45, 2.75) is 33.6 Å². The highest BCUT2D eigenvalue weighted by Gasteiger charge is 2.08. The molecule has 0 radical (unpaired) electrons. The lowest BCUT2D eigenvalue weighted by Crippen LogP contribution is -2.09. The molecule has 1 aromatic rings. The molecule has 12 heavy (non-hydrogen) atoms. The molecule has 0 atom stereocenters. The average Bonchev–Trinajstić information content (AvgIpc) is 2.54. The Morgan fingerprint density at radius 1 is 1.33 bits per heavy atom. The van der Waals surface area contributed by atoms with Crippen LogP contribution in [0.2, 0.25) is 0 Å². The number of fused-ring (bicyclic) bond motifs is 1. The zero-order chi connectivity index (χ0) is 8.97. The second-order valence-electron chi connectivity index (χ2n) is 2.43. The van der Waals surface area contributed by atoms with Gasteiger partial charge in [0.2, 0.25) is 0 Å². The Hall–Kier alpha value is -1.19. The topological polar surface area (TPSA) is 43.1 Å². The molecule has 0 spiro atoms. The summed E-state index contributed by atoms with van der Waals surface area (Å²) in [6, 6.07) is 0.